The van der Waals surface area contributed by atoms with Crippen LogP contribution in [0.5, 0.6) is 0 Å². The summed E-state index contributed by atoms with van der Waals surface area (Å²) in [6.07, 6.45) is 16.9. The molecule has 0 saturated carbocycles. The van der Waals surface area contributed by atoms with Crippen LogP contribution in [0.4, 0.5) is 0 Å². The van der Waals surface area contributed by atoms with Crippen molar-refractivity contribution in [2.24, 2.45) is 0 Å². The smallest absolute Gasteiger partial charge is 0.130 e. The molecule has 34 heavy (non-hydrogen) atoms. The van der Waals surface area contributed by atoms with E-state index in [-0.39, 0.29) is 0 Å². The van der Waals surface area contributed by atoms with Crippen molar-refractivity contribution in [2.75, 3.05) is 0 Å². The van der Waals surface area contributed by atoms with Gasteiger partial charge in [0.15, 0.2) is 0 Å². The summed E-state index contributed by atoms with van der Waals surface area (Å²) in [5.74, 6) is 0. The molecule has 0 aromatic carbocycles. The predicted molar refractivity (Wildman–Crippen MR) is 160 cm³/mol. The van der Waals surface area contributed by atoms with E-state index in [1.165, 1.54) is 43.0 Å². The molecule has 0 aliphatic heterocycles. The number of hydrogen-bond donors (Lipinski definition) is 0. The Kier molecular flexibility index (Phi) is 21.7. The van der Waals surface area contributed by atoms with Crippen LogP contribution >= 0.6 is 39.1 Å². The molecular weight excluding hydrogens is 634 g/mol. The van der Waals surface area contributed by atoms with E-state index in [0.29, 0.717) is 10.3 Å². The number of aromatic nitrogens is 2. The molecule has 0 bridgehead atoms. The van der Waals surface area contributed by atoms with E-state index in [0.717, 1.165) is 16.5 Å². The van der Waals surface area contributed by atoms with Crippen molar-refractivity contribution in [1.82, 2.24) is 9.97 Å². The van der Waals surface area contributed by atoms with Gasteiger partial charge in [-0.25, -0.2) is 9.97 Å². The van der Waals surface area contributed by atoms with Crippen LogP contribution in [-0.4, -0.2) is 28.3 Å². The van der Waals surface area contributed by atoms with Crippen molar-refractivity contribution in [3.8, 4) is 0 Å². The third-order valence-corrected chi connectivity index (χ3v) is 21.9. The molecule has 0 amide bonds. The number of rotatable bonds is 13. The molecule has 0 saturated heterocycles. The van der Waals surface area contributed by atoms with Gasteiger partial charge in [-0.05, 0) is 36.2 Å². The minimum absolute atomic E-state index is 0.513. The van der Waals surface area contributed by atoms with Gasteiger partial charge in [0, 0.05) is 16.9 Å². The molecular formula is C28H43BrCl2N2Sn. The Labute approximate surface area is 231 Å². The van der Waals surface area contributed by atoms with E-state index in [1.54, 1.807) is 31.8 Å². The zero-order valence-electron chi connectivity index (χ0n) is 21.3. The van der Waals surface area contributed by atoms with Gasteiger partial charge < -0.3 is 0 Å². The van der Waals surface area contributed by atoms with Crippen LogP contribution in [0.15, 0.2) is 66.4 Å². The number of halogens is 3. The molecule has 0 aliphatic rings. The fourth-order valence-electron chi connectivity index (χ4n) is 3.76. The summed E-state index contributed by atoms with van der Waals surface area (Å²) < 4.78 is 7.26. The largest absolute Gasteiger partial charge is 0.245 e. The molecule has 0 spiro atoms. The van der Waals surface area contributed by atoms with Crippen molar-refractivity contribution in [2.45, 2.75) is 83.5 Å². The Balaban J connectivity index is 0.000000514. The summed E-state index contributed by atoms with van der Waals surface area (Å²) >= 11 is 12.6. The van der Waals surface area contributed by atoms with Crippen LogP contribution in [0.1, 0.15) is 64.9 Å². The quantitative estimate of drug-likeness (QED) is 0.120. The van der Waals surface area contributed by atoms with E-state index in [9.17, 15) is 0 Å². The van der Waals surface area contributed by atoms with Crippen molar-refractivity contribution >= 4 is 57.5 Å². The summed E-state index contributed by atoms with van der Waals surface area (Å²) in [5, 5.41) is 1.05. The fourth-order valence-corrected chi connectivity index (χ4v) is 19.7. The molecule has 2 nitrogen and oxygen atoms in total. The third kappa shape index (κ3) is 17.1. The first kappa shape index (κ1) is 33.6. The Morgan fingerprint density at radius 2 is 1.32 bits per heavy atom. The van der Waals surface area contributed by atoms with Gasteiger partial charge >= 0.3 is 108 Å². The number of allylic oxidation sites excluding steroid dienone is 2. The summed E-state index contributed by atoms with van der Waals surface area (Å²) in [6.45, 7) is 14.7. The molecule has 2 heterocycles. The molecule has 0 unspecified atom stereocenters. The molecule has 0 radical (unpaired) electrons. The number of unbranched alkanes of at least 4 members (excludes halogenated alkanes) is 3. The maximum absolute atomic E-state index is 5.64. The van der Waals surface area contributed by atoms with Crippen molar-refractivity contribution in [1.29, 1.82) is 0 Å². The first-order chi connectivity index (χ1) is 16.4. The van der Waals surface area contributed by atoms with Crippen LogP contribution in [0.3, 0.4) is 0 Å². The minimum atomic E-state index is -1.78. The summed E-state index contributed by atoms with van der Waals surface area (Å²) in [7, 11) is 0. The summed E-state index contributed by atoms with van der Waals surface area (Å²) in [5.41, 5.74) is 1.15. The first-order valence-electron chi connectivity index (χ1n) is 12.5. The first-order valence-corrected chi connectivity index (χ1v) is 22.1. The molecule has 190 valence electrons. The zero-order chi connectivity index (χ0) is 25.7. The van der Waals surface area contributed by atoms with Gasteiger partial charge in [-0.2, -0.15) is 0 Å². The minimum Gasteiger partial charge on any atom is -0.245 e. The van der Waals surface area contributed by atoms with E-state index in [4.69, 9.17) is 23.2 Å². The topological polar surface area (TPSA) is 25.8 Å². The molecule has 0 atom stereocenters. The molecule has 0 aliphatic carbocycles. The Hall–Kier alpha value is -0.361. The van der Waals surface area contributed by atoms with Crippen LogP contribution in [-0.2, 0) is 6.42 Å². The fraction of sp³-hybridized carbons (Fsp3) is 0.500. The zero-order valence-corrected chi connectivity index (χ0v) is 27.3. The van der Waals surface area contributed by atoms with Gasteiger partial charge in [0.05, 0.1) is 0 Å². The average molecular weight is 677 g/mol. The molecule has 2 rings (SSSR count). The monoisotopic (exact) mass is 676 g/mol. The maximum Gasteiger partial charge on any atom is 0.130 e. The number of hydrogen-bond acceptors (Lipinski definition) is 2. The van der Waals surface area contributed by atoms with Gasteiger partial charge in [0.2, 0.25) is 0 Å². The maximum atomic E-state index is 5.64. The Bertz CT molecular complexity index is 762. The van der Waals surface area contributed by atoms with E-state index < -0.39 is 18.4 Å². The van der Waals surface area contributed by atoms with Gasteiger partial charge in [0.1, 0.15) is 10.3 Å². The van der Waals surface area contributed by atoms with E-state index in [2.05, 4.69) is 65.9 Å². The van der Waals surface area contributed by atoms with Crippen molar-refractivity contribution < 1.29 is 0 Å². The van der Waals surface area contributed by atoms with Crippen LogP contribution in [0.2, 0.25) is 28.1 Å². The normalized spacial score (nSPS) is 10.4. The summed E-state index contributed by atoms with van der Waals surface area (Å²) in [4.78, 5) is 7.63. The van der Waals surface area contributed by atoms with Gasteiger partial charge in [-0.3, -0.25) is 0 Å². The summed E-state index contributed by atoms with van der Waals surface area (Å²) in [6, 6.07) is 7.32. The van der Waals surface area contributed by atoms with Crippen LogP contribution < -0.4 is 0 Å². The van der Waals surface area contributed by atoms with Crippen LogP contribution in [0, 0.1) is 0 Å². The Morgan fingerprint density at radius 1 is 0.824 bits per heavy atom. The number of pyridine rings is 2. The standard InChI is InChI=1S/C8H8ClN.C5H3BrClN.3C4H9.C3H5.Sn/c1-2-3-7-4-5-10-8(9)6-7;6-4-1-2-8-5(7)3-4;3*1-3-4-2;1-3-2;/h2,4-6H,1,3H2;1-3H;3*1,3-4H2,2H3;3H,1-2H2;. The van der Waals surface area contributed by atoms with Crippen molar-refractivity contribution in [3.05, 3.63) is 82.3 Å². The second-order valence-electron chi connectivity index (χ2n) is 8.58. The molecule has 2 aromatic rings. The second-order valence-corrected chi connectivity index (χ2v) is 24.3. The molecule has 0 N–H and O–H groups in total. The van der Waals surface area contributed by atoms with E-state index in [1.807, 2.05) is 24.3 Å². The average Bonchev–Trinajstić information content (AvgIpc) is 2.81. The van der Waals surface area contributed by atoms with Gasteiger partial charge in [-0.1, -0.05) is 45.2 Å². The third-order valence-electron chi connectivity index (χ3n) is 5.62. The van der Waals surface area contributed by atoms with Crippen molar-refractivity contribution in [3.63, 3.8) is 0 Å². The van der Waals surface area contributed by atoms with Gasteiger partial charge in [-0.15, -0.1) is 6.58 Å². The second kappa shape index (κ2) is 21.9. The number of nitrogens with zero attached hydrogens (tertiary/aromatic N) is 2. The van der Waals surface area contributed by atoms with E-state index >= 15 is 0 Å². The SMILES string of the molecule is C=CCc1ccnc(Cl)c1.C=C[CH2][Sn]([CH2]CCC)([CH2]CCC)[CH2]CCC.Clc1cc(Br)ccn1. The molecule has 6 heteroatoms. The Morgan fingerprint density at radius 3 is 1.68 bits per heavy atom. The molecule has 2 aromatic heterocycles. The van der Waals surface area contributed by atoms with Crippen LogP contribution in [0.25, 0.3) is 0 Å². The van der Waals surface area contributed by atoms with Gasteiger partial charge in [0.25, 0.3) is 0 Å². The predicted octanol–water partition coefficient (Wildman–Crippen LogP) is 11.0. The molecule has 0 fully saturated rings.